The largest absolute Gasteiger partial charge is 0.389 e. The molecule has 0 bridgehead atoms. The highest BCUT2D eigenvalue weighted by molar-refractivity contribution is 4.80. The second-order valence-corrected chi connectivity index (χ2v) is 5.11. The molecule has 1 atom stereocenters. The molecule has 3 nitrogen and oxygen atoms in total. The van der Waals surface area contributed by atoms with E-state index in [0.717, 1.165) is 6.54 Å². The average molecular weight is 215 g/mol. The number of ether oxygens (including phenoxy) is 1. The number of aliphatic hydroxyl groups excluding tert-OH is 1. The highest BCUT2D eigenvalue weighted by Gasteiger charge is 2.26. The molecule has 0 aliphatic heterocycles. The summed E-state index contributed by atoms with van der Waals surface area (Å²) in [5, 5.41) is 12.8. The molecule has 0 saturated heterocycles. The zero-order valence-corrected chi connectivity index (χ0v) is 10.1. The molecule has 1 rings (SSSR count). The topological polar surface area (TPSA) is 41.5 Å². The number of rotatable bonds is 6. The zero-order valence-electron chi connectivity index (χ0n) is 10.1. The Balaban J connectivity index is 2.12. The highest BCUT2D eigenvalue weighted by atomic mass is 16.5. The molecule has 1 aliphatic rings. The second kappa shape index (κ2) is 6.46. The van der Waals surface area contributed by atoms with Crippen LogP contribution in [0.1, 0.15) is 39.0 Å². The standard InChI is InChI=1S/C12H25NO2/c1-12(6-4-3-5-7-12)10-13-8-11(14)9-15-2/h11,13-14H,3-10H2,1-2H3. The molecule has 0 amide bonds. The van der Waals surface area contributed by atoms with E-state index in [9.17, 15) is 5.11 Å². The van der Waals surface area contributed by atoms with Crippen molar-refractivity contribution >= 4 is 0 Å². The van der Waals surface area contributed by atoms with E-state index < -0.39 is 0 Å². The Morgan fingerprint density at radius 1 is 1.33 bits per heavy atom. The van der Waals surface area contributed by atoms with Gasteiger partial charge < -0.3 is 15.2 Å². The molecule has 0 spiro atoms. The molecule has 15 heavy (non-hydrogen) atoms. The summed E-state index contributed by atoms with van der Waals surface area (Å²) in [6.07, 6.45) is 6.38. The van der Waals surface area contributed by atoms with Crippen LogP contribution in [0.5, 0.6) is 0 Å². The van der Waals surface area contributed by atoms with E-state index in [1.165, 1.54) is 32.1 Å². The Kier molecular flexibility index (Phi) is 5.58. The molecule has 0 aromatic carbocycles. The van der Waals surface area contributed by atoms with Crippen LogP contribution in [0.3, 0.4) is 0 Å². The minimum absolute atomic E-state index is 0.373. The first-order valence-corrected chi connectivity index (χ1v) is 6.04. The molecule has 1 aliphatic carbocycles. The van der Waals surface area contributed by atoms with Crippen molar-refractivity contribution < 1.29 is 9.84 Å². The van der Waals surface area contributed by atoms with E-state index >= 15 is 0 Å². The first-order valence-electron chi connectivity index (χ1n) is 6.04. The van der Waals surface area contributed by atoms with Crippen molar-refractivity contribution in [2.45, 2.75) is 45.1 Å². The van der Waals surface area contributed by atoms with Crippen LogP contribution in [0.4, 0.5) is 0 Å². The minimum atomic E-state index is -0.373. The number of aliphatic hydroxyl groups is 1. The van der Waals surface area contributed by atoms with E-state index in [0.29, 0.717) is 18.6 Å². The van der Waals surface area contributed by atoms with Crippen molar-refractivity contribution in [1.82, 2.24) is 5.32 Å². The van der Waals surface area contributed by atoms with Crippen molar-refractivity contribution in [2.24, 2.45) is 5.41 Å². The average Bonchev–Trinajstić information content (AvgIpc) is 2.19. The maximum atomic E-state index is 9.48. The predicted molar refractivity (Wildman–Crippen MR) is 61.9 cm³/mol. The van der Waals surface area contributed by atoms with Gasteiger partial charge in [0.1, 0.15) is 0 Å². The molecule has 1 fully saturated rings. The normalized spacial score (nSPS) is 22.6. The molecule has 0 aromatic rings. The van der Waals surface area contributed by atoms with Crippen LogP contribution in [0.25, 0.3) is 0 Å². The molecule has 1 unspecified atom stereocenters. The summed E-state index contributed by atoms with van der Waals surface area (Å²) in [4.78, 5) is 0. The molecule has 90 valence electrons. The number of hydrogen-bond donors (Lipinski definition) is 2. The van der Waals surface area contributed by atoms with Crippen LogP contribution in [-0.2, 0) is 4.74 Å². The summed E-state index contributed by atoms with van der Waals surface area (Å²) in [6, 6.07) is 0. The summed E-state index contributed by atoms with van der Waals surface area (Å²) in [5.74, 6) is 0. The molecular formula is C12H25NO2. The van der Waals surface area contributed by atoms with Crippen LogP contribution in [0, 0.1) is 5.41 Å². The van der Waals surface area contributed by atoms with Gasteiger partial charge in [-0.2, -0.15) is 0 Å². The molecule has 0 radical (unpaired) electrons. The fourth-order valence-electron chi connectivity index (χ4n) is 2.37. The molecule has 2 N–H and O–H groups in total. The molecule has 0 heterocycles. The van der Waals surface area contributed by atoms with Crippen molar-refractivity contribution in [3.8, 4) is 0 Å². The van der Waals surface area contributed by atoms with E-state index in [-0.39, 0.29) is 6.10 Å². The van der Waals surface area contributed by atoms with Gasteiger partial charge in [-0.3, -0.25) is 0 Å². The molecular weight excluding hydrogens is 190 g/mol. The van der Waals surface area contributed by atoms with Gasteiger partial charge in [-0.05, 0) is 18.3 Å². The number of hydrogen-bond acceptors (Lipinski definition) is 3. The van der Waals surface area contributed by atoms with Crippen LogP contribution in [0.15, 0.2) is 0 Å². The van der Waals surface area contributed by atoms with Gasteiger partial charge in [0.2, 0.25) is 0 Å². The van der Waals surface area contributed by atoms with Gasteiger partial charge in [0.15, 0.2) is 0 Å². The summed E-state index contributed by atoms with van der Waals surface area (Å²) in [6.45, 7) is 4.43. The smallest absolute Gasteiger partial charge is 0.0897 e. The van der Waals surface area contributed by atoms with Gasteiger partial charge in [0.25, 0.3) is 0 Å². The third-order valence-corrected chi connectivity index (χ3v) is 3.35. The van der Waals surface area contributed by atoms with Crippen molar-refractivity contribution in [1.29, 1.82) is 0 Å². The van der Waals surface area contributed by atoms with Gasteiger partial charge in [-0.1, -0.05) is 26.2 Å². The lowest BCUT2D eigenvalue weighted by atomic mass is 9.76. The van der Waals surface area contributed by atoms with Gasteiger partial charge in [-0.15, -0.1) is 0 Å². The van der Waals surface area contributed by atoms with Gasteiger partial charge in [0.05, 0.1) is 12.7 Å². The monoisotopic (exact) mass is 215 g/mol. The SMILES string of the molecule is COCC(O)CNCC1(C)CCCCC1. The summed E-state index contributed by atoms with van der Waals surface area (Å²) in [7, 11) is 1.62. The van der Waals surface area contributed by atoms with Gasteiger partial charge in [0, 0.05) is 20.2 Å². The van der Waals surface area contributed by atoms with Gasteiger partial charge >= 0.3 is 0 Å². The Morgan fingerprint density at radius 3 is 2.60 bits per heavy atom. The molecule has 1 saturated carbocycles. The van der Waals surface area contributed by atoms with Gasteiger partial charge in [-0.25, -0.2) is 0 Å². The Labute approximate surface area is 93.2 Å². The van der Waals surface area contributed by atoms with Crippen LogP contribution in [-0.4, -0.2) is 38.0 Å². The lowest BCUT2D eigenvalue weighted by molar-refractivity contribution is 0.0615. The third kappa shape index (κ3) is 4.96. The summed E-state index contributed by atoms with van der Waals surface area (Å²) in [5.41, 5.74) is 0.449. The first kappa shape index (κ1) is 12.9. The fourth-order valence-corrected chi connectivity index (χ4v) is 2.37. The lowest BCUT2D eigenvalue weighted by Gasteiger charge is -2.34. The maximum Gasteiger partial charge on any atom is 0.0897 e. The molecule has 3 heteroatoms. The minimum Gasteiger partial charge on any atom is -0.389 e. The highest BCUT2D eigenvalue weighted by Crippen LogP contribution is 2.34. The third-order valence-electron chi connectivity index (χ3n) is 3.35. The van der Waals surface area contributed by atoms with Crippen LogP contribution < -0.4 is 5.32 Å². The molecule has 0 aromatic heterocycles. The lowest BCUT2D eigenvalue weighted by Crippen LogP contribution is -2.38. The Bertz CT molecular complexity index is 167. The summed E-state index contributed by atoms with van der Waals surface area (Å²) < 4.78 is 4.88. The zero-order chi connectivity index (χ0) is 11.1. The number of nitrogens with one attached hydrogen (secondary N) is 1. The van der Waals surface area contributed by atoms with E-state index in [1.54, 1.807) is 7.11 Å². The predicted octanol–water partition coefficient (Wildman–Crippen LogP) is 1.55. The quantitative estimate of drug-likeness (QED) is 0.706. The van der Waals surface area contributed by atoms with Crippen molar-refractivity contribution in [3.63, 3.8) is 0 Å². The van der Waals surface area contributed by atoms with E-state index in [1.807, 2.05) is 0 Å². The maximum absolute atomic E-state index is 9.48. The van der Waals surface area contributed by atoms with Crippen molar-refractivity contribution in [2.75, 3.05) is 26.8 Å². The Morgan fingerprint density at radius 2 is 2.00 bits per heavy atom. The van der Waals surface area contributed by atoms with Crippen LogP contribution in [0.2, 0.25) is 0 Å². The number of methoxy groups -OCH3 is 1. The second-order valence-electron chi connectivity index (χ2n) is 5.11. The fraction of sp³-hybridized carbons (Fsp3) is 1.00. The first-order chi connectivity index (χ1) is 7.16. The van der Waals surface area contributed by atoms with Crippen LogP contribution >= 0.6 is 0 Å². The van der Waals surface area contributed by atoms with Crippen molar-refractivity contribution in [3.05, 3.63) is 0 Å². The summed E-state index contributed by atoms with van der Waals surface area (Å²) >= 11 is 0. The van der Waals surface area contributed by atoms with E-state index in [4.69, 9.17) is 4.74 Å². The Hall–Kier alpha value is -0.120. The van der Waals surface area contributed by atoms with E-state index in [2.05, 4.69) is 12.2 Å².